The van der Waals surface area contributed by atoms with Crippen molar-refractivity contribution >= 4 is 21.8 Å². The summed E-state index contributed by atoms with van der Waals surface area (Å²) in [6.07, 6.45) is 0.442. The minimum absolute atomic E-state index is 0.00938. The number of rotatable bonds is 3. The summed E-state index contributed by atoms with van der Waals surface area (Å²) < 4.78 is 1.04. The van der Waals surface area contributed by atoms with Crippen molar-refractivity contribution in [3.05, 3.63) is 33.8 Å². The first kappa shape index (κ1) is 14.5. The summed E-state index contributed by atoms with van der Waals surface area (Å²) in [5.74, 6) is 0.611. The Labute approximate surface area is 123 Å². The van der Waals surface area contributed by atoms with Crippen molar-refractivity contribution < 1.29 is 4.79 Å². The number of carbonyl (C=O) groups is 1. The molecular weight excluding hydrogens is 304 g/mol. The molecule has 2 rings (SSSR count). The van der Waals surface area contributed by atoms with Crippen molar-refractivity contribution in [3.63, 3.8) is 0 Å². The first-order valence-corrected chi connectivity index (χ1v) is 7.50. The highest BCUT2D eigenvalue weighted by atomic mass is 79.9. The number of halogens is 1. The number of amides is 1. The maximum Gasteiger partial charge on any atom is 0.224 e. The summed E-state index contributed by atoms with van der Waals surface area (Å²) in [7, 11) is 0. The van der Waals surface area contributed by atoms with Crippen LogP contribution in [0.1, 0.15) is 37.4 Å². The number of carbonyl (C=O) groups excluding carboxylic acids is 1. The number of nitrogens with zero attached hydrogens (tertiary/aromatic N) is 1. The van der Waals surface area contributed by atoms with E-state index in [-0.39, 0.29) is 18.0 Å². The van der Waals surface area contributed by atoms with Gasteiger partial charge in [0.25, 0.3) is 0 Å². The van der Waals surface area contributed by atoms with Crippen LogP contribution < -0.4 is 5.73 Å². The summed E-state index contributed by atoms with van der Waals surface area (Å²) in [4.78, 5) is 14.0. The van der Waals surface area contributed by atoms with E-state index >= 15 is 0 Å². The molecule has 1 aromatic rings. The van der Waals surface area contributed by atoms with Crippen LogP contribution in [0.25, 0.3) is 0 Å². The van der Waals surface area contributed by atoms with Gasteiger partial charge in [-0.3, -0.25) is 4.79 Å². The van der Waals surface area contributed by atoms with E-state index in [2.05, 4.69) is 54.9 Å². The summed E-state index contributed by atoms with van der Waals surface area (Å²) in [5.41, 5.74) is 8.50. The minimum Gasteiger partial charge on any atom is -0.334 e. The average molecular weight is 325 g/mol. The average Bonchev–Trinajstić information content (AvgIpc) is 2.54. The summed E-state index contributed by atoms with van der Waals surface area (Å²) in [6.45, 7) is 7.06. The number of benzene rings is 1. The lowest BCUT2D eigenvalue weighted by Gasteiger charge is -2.29. The molecule has 2 atom stereocenters. The van der Waals surface area contributed by atoms with Crippen LogP contribution >= 0.6 is 15.9 Å². The van der Waals surface area contributed by atoms with E-state index in [4.69, 9.17) is 5.73 Å². The first-order chi connectivity index (χ1) is 8.90. The van der Waals surface area contributed by atoms with E-state index in [0.29, 0.717) is 12.3 Å². The van der Waals surface area contributed by atoms with E-state index in [1.165, 1.54) is 5.56 Å². The number of hydrogen-bond donors (Lipinski definition) is 1. The Balaban J connectivity index is 2.36. The second kappa shape index (κ2) is 5.63. The molecule has 0 bridgehead atoms. The Bertz CT molecular complexity index is 487. The van der Waals surface area contributed by atoms with Gasteiger partial charge in [-0.05, 0) is 30.0 Å². The molecule has 1 amide bonds. The Morgan fingerprint density at radius 3 is 2.74 bits per heavy atom. The molecule has 19 heavy (non-hydrogen) atoms. The molecule has 1 fully saturated rings. The molecule has 0 spiro atoms. The van der Waals surface area contributed by atoms with E-state index < -0.39 is 0 Å². The van der Waals surface area contributed by atoms with Crippen molar-refractivity contribution in [2.75, 3.05) is 6.54 Å². The van der Waals surface area contributed by atoms with Crippen molar-refractivity contribution in [1.82, 2.24) is 4.90 Å². The van der Waals surface area contributed by atoms with Gasteiger partial charge in [-0.25, -0.2) is 0 Å². The van der Waals surface area contributed by atoms with Crippen molar-refractivity contribution in [2.24, 2.45) is 11.7 Å². The Morgan fingerprint density at radius 2 is 2.16 bits per heavy atom. The van der Waals surface area contributed by atoms with Crippen LogP contribution in [0.5, 0.6) is 0 Å². The van der Waals surface area contributed by atoms with Crippen LogP contribution in [0.4, 0.5) is 0 Å². The molecule has 1 saturated heterocycles. The van der Waals surface area contributed by atoms with Crippen LogP contribution in [0.2, 0.25) is 0 Å². The van der Waals surface area contributed by atoms with Gasteiger partial charge < -0.3 is 10.6 Å². The molecule has 2 N–H and O–H groups in total. The second-order valence-corrected chi connectivity index (χ2v) is 6.63. The molecule has 104 valence electrons. The largest absolute Gasteiger partial charge is 0.334 e. The molecule has 0 aliphatic carbocycles. The van der Waals surface area contributed by atoms with Gasteiger partial charge in [-0.2, -0.15) is 0 Å². The topological polar surface area (TPSA) is 46.3 Å². The first-order valence-electron chi connectivity index (χ1n) is 6.71. The van der Waals surface area contributed by atoms with Crippen LogP contribution in [0.3, 0.4) is 0 Å². The molecule has 0 saturated carbocycles. The molecule has 2 unspecified atom stereocenters. The zero-order valence-electron chi connectivity index (χ0n) is 11.7. The third-order valence-electron chi connectivity index (χ3n) is 3.51. The van der Waals surface area contributed by atoms with Crippen molar-refractivity contribution in [3.8, 4) is 0 Å². The summed E-state index contributed by atoms with van der Waals surface area (Å²) >= 11 is 3.60. The standard InChI is InChI=1S/C15H21BrN2O/c1-9(2)8-18-14(19)7-13(17)15(18)11-5-4-10(3)6-12(11)16/h4-6,9,13,15H,7-8,17H2,1-3H3. The van der Waals surface area contributed by atoms with Gasteiger partial charge in [0.05, 0.1) is 6.04 Å². The van der Waals surface area contributed by atoms with Gasteiger partial charge >= 0.3 is 0 Å². The fraction of sp³-hybridized carbons (Fsp3) is 0.533. The van der Waals surface area contributed by atoms with Crippen LogP contribution in [0, 0.1) is 12.8 Å². The van der Waals surface area contributed by atoms with E-state index in [1.54, 1.807) is 0 Å². The highest BCUT2D eigenvalue weighted by molar-refractivity contribution is 9.10. The molecule has 1 aliphatic heterocycles. The van der Waals surface area contributed by atoms with Gasteiger partial charge in [0.1, 0.15) is 0 Å². The number of likely N-dealkylation sites (tertiary alicyclic amines) is 1. The van der Waals surface area contributed by atoms with Crippen molar-refractivity contribution in [2.45, 2.75) is 39.3 Å². The van der Waals surface area contributed by atoms with Gasteiger partial charge in [-0.1, -0.05) is 41.9 Å². The molecule has 0 radical (unpaired) electrons. The predicted octanol–water partition coefficient (Wildman–Crippen LogP) is 3.01. The van der Waals surface area contributed by atoms with E-state index in [0.717, 1.165) is 16.6 Å². The number of nitrogens with two attached hydrogens (primary N) is 1. The van der Waals surface area contributed by atoms with Crippen LogP contribution in [-0.2, 0) is 4.79 Å². The molecule has 3 nitrogen and oxygen atoms in total. The van der Waals surface area contributed by atoms with E-state index in [9.17, 15) is 4.79 Å². The Morgan fingerprint density at radius 1 is 1.47 bits per heavy atom. The molecule has 4 heteroatoms. The lowest BCUT2D eigenvalue weighted by Crippen LogP contribution is -2.35. The molecular formula is C15H21BrN2O. The third-order valence-corrected chi connectivity index (χ3v) is 4.20. The minimum atomic E-state index is -0.120. The zero-order valence-corrected chi connectivity index (χ0v) is 13.3. The normalized spacial score (nSPS) is 23.5. The highest BCUT2D eigenvalue weighted by Crippen LogP contribution is 2.36. The van der Waals surface area contributed by atoms with Gasteiger partial charge in [0, 0.05) is 23.5 Å². The summed E-state index contributed by atoms with van der Waals surface area (Å²) in [5, 5.41) is 0. The maximum absolute atomic E-state index is 12.1. The second-order valence-electron chi connectivity index (χ2n) is 5.78. The maximum atomic E-state index is 12.1. The number of aryl methyl sites for hydroxylation is 1. The Kier molecular flexibility index (Phi) is 4.31. The predicted molar refractivity (Wildman–Crippen MR) is 80.8 cm³/mol. The SMILES string of the molecule is Cc1ccc(C2C(N)CC(=O)N2CC(C)C)c(Br)c1. The lowest BCUT2D eigenvalue weighted by atomic mass is 9.99. The smallest absolute Gasteiger partial charge is 0.224 e. The van der Waals surface area contributed by atoms with Gasteiger partial charge in [0.15, 0.2) is 0 Å². The lowest BCUT2D eigenvalue weighted by molar-refractivity contribution is -0.129. The fourth-order valence-corrected chi connectivity index (χ4v) is 3.42. The van der Waals surface area contributed by atoms with E-state index in [1.807, 2.05) is 4.90 Å². The third kappa shape index (κ3) is 3.00. The number of hydrogen-bond acceptors (Lipinski definition) is 2. The van der Waals surface area contributed by atoms with Gasteiger partial charge in [-0.15, -0.1) is 0 Å². The zero-order chi connectivity index (χ0) is 14.2. The van der Waals surface area contributed by atoms with Crippen LogP contribution in [-0.4, -0.2) is 23.4 Å². The highest BCUT2D eigenvalue weighted by Gasteiger charge is 2.39. The molecule has 1 heterocycles. The molecule has 1 aromatic carbocycles. The Hall–Kier alpha value is -0.870. The van der Waals surface area contributed by atoms with Crippen LogP contribution in [0.15, 0.2) is 22.7 Å². The van der Waals surface area contributed by atoms with Crippen molar-refractivity contribution in [1.29, 1.82) is 0 Å². The monoisotopic (exact) mass is 324 g/mol. The summed E-state index contributed by atoms with van der Waals surface area (Å²) in [6, 6.07) is 6.10. The fourth-order valence-electron chi connectivity index (χ4n) is 2.70. The molecule has 0 aromatic heterocycles. The van der Waals surface area contributed by atoms with Gasteiger partial charge in [0.2, 0.25) is 5.91 Å². The quantitative estimate of drug-likeness (QED) is 0.928. The molecule has 1 aliphatic rings.